The molecular formula is C11H25NO2S. The molecule has 0 bridgehead atoms. The predicted molar refractivity (Wildman–Crippen MR) is 65.9 cm³/mol. The molecule has 92 valence electrons. The summed E-state index contributed by atoms with van der Waals surface area (Å²) in [6.45, 7) is 6.03. The first-order valence-electron chi connectivity index (χ1n) is 5.84. The Kier molecular flexibility index (Phi) is 7.18. The Labute approximate surface area is 94.6 Å². The molecule has 0 fully saturated rings. The van der Waals surface area contributed by atoms with Gasteiger partial charge in [-0.15, -0.1) is 0 Å². The molecule has 0 aliphatic heterocycles. The van der Waals surface area contributed by atoms with Crippen LogP contribution in [0.4, 0.5) is 0 Å². The van der Waals surface area contributed by atoms with Gasteiger partial charge in [-0.3, -0.25) is 0 Å². The van der Waals surface area contributed by atoms with Crippen molar-refractivity contribution < 1.29 is 8.42 Å². The van der Waals surface area contributed by atoms with Crippen LogP contribution < -0.4 is 5.32 Å². The van der Waals surface area contributed by atoms with Crippen LogP contribution >= 0.6 is 0 Å². The number of hydrogen-bond acceptors (Lipinski definition) is 3. The second-order valence-electron chi connectivity index (χ2n) is 4.12. The lowest BCUT2D eigenvalue weighted by atomic mass is 9.93. The molecule has 15 heavy (non-hydrogen) atoms. The largest absolute Gasteiger partial charge is 0.317 e. The van der Waals surface area contributed by atoms with Gasteiger partial charge in [0.15, 0.2) is 0 Å². The first kappa shape index (κ1) is 14.9. The van der Waals surface area contributed by atoms with E-state index in [9.17, 15) is 8.42 Å². The quantitative estimate of drug-likeness (QED) is 0.698. The fourth-order valence-corrected chi connectivity index (χ4v) is 2.65. The van der Waals surface area contributed by atoms with Crippen molar-refractivity contribution in [2.75, 3.05) is 18.6 Å². The summed E-state index contributed by atoms with van der Waals surface area (Å²) >= 11 is 0. The Balaban J connectivity index is 3.93. The van der Waals surface area contributed by atoms with Gasteiger partial charge in [0.2, 0.25) is 0 Å². The minimum Gasteiger partial charge on any atom is -0.317 e. The van der Waals surface area contributed by atoms with Crippen LogP contribution in [0, 0.1) is 5.92 Å². The summed E-state index contributed by atoms with van der Waals surface area (Å²) in [4.78, 5) is 0. The minimum atomic E-state index is -2.78. The van der Waals surface area contributed by atoms with E-state index in [0.717, 1.165) is 19.3 Å². The Bertz CT molecular complexity index is 249. The van der Waals surface area contributed by atoms with E-state index < -0.39 is 9.84 Å². The van der Waals surface area contributed by atoms with Crippen LogP contribution in [-0.2, 0) is 9.84 Å². The van der Waals surface area contributed by atoms with E-state index in [4.69, 9.17) is 0 Å². The van der Waals surface area contributed by atoms with Crippen LogP contribution in [-0.4, -0.2) is 33.0 Å². The normalized spacial score (nSPS) is 16.3. The number of sulfone groups is 1. The van der Waals surface area contributed by atoms with E-state index in [0.29, 0.717) is 17.7 Å². The van der Waals surface area contributed by atoms with Gasteiger partial charge in [-0.25, -0.2) is 8.42 Å². The highest BCUT2D eigenvalue weighted by Gasteiger charge is 2.15. The third kappa shape index (κ3) is 6.15. The van der Waals surface area contributed by atoms with Gasteiger partial charge < -0.3 is 5.32 Å². The van der Waals surface area contributed by atoms with Crippen molar-refractivity contribution in [3.8, 4) is 0 Å². The molecule has 0 spiro atoms. The maximum atomic E-state index is 11.3. The average molecular weight is 235 g/mol. The summed E-state index contributed by atoms with van der Waals surface area (Å²) in [7, 11) is -0.822. The van der Waals surface area contributed by atoms with Crippen molar-refractivity contribution in [2.24, 2.45) is 5.92 Å². The topological polar surface area (TPSA) is 46.2 Å². The molecule has 0 rings (SSSR count). The number of hydrogen-bond donors (Lipinski definition) is 1. The molecule has 0 saturated carbocycles. The highest BCUT2D eigenvalue weighted by atomic mass is 32.2. The summed E-state index contributed by atoms with van der Waals surface area (Å²) in [5.74, 6) is 1.20. The van der Waals surface area contributed by atoms with E-state index in [1.807, 2.05) is 7.05 Å². The molecule has 0 amide bonds. The molecule has 0 aromatic rings. The maximum Gasteiger partial charge on any atom is 0.150 e. The third-order valence-electron chi connectivity index (χ3n) is 3.16. The molecule has 0 aromatic heterocycles. The SMILES string of the molecule is CCC(CCCS(=O)(=O)CC)C(C)NC. The smallest absolute Gasteiger partial charge is 0.150 e. The van der Waals surface area contributed by atoms with E-state index in [1.165, 1.54) is 0 Å². The van der Waals surface area contributed by atoms with Gasteiger partial charge in [0.25, 0.3) is 0 Å². The van der Waals surface area contributed by atoms with E-state index in [-0.39, 0.29) is 5.75 Å². The minimum absolute atomic E-state index is 0.269. The second-order valence-corrected chi connectivity index (χ2v) is 6.60. The van der Waals surface area contributed by atoms with Crippen LogP contribution in [0.25, 0.3) is 0 Å². The van der Waals surface area contributed by atoms with Crippen LogP contribution in [0.5, 0.6) is 0 Å². The second kappa shape index (κ2) is 7.23. The standard InChI is InChI=1S/C11H25NO2S/c1-5-11(10(3)12-4)8-7-9-15(13,14)6-2/h10-12H,5-9H2,1-4H3. The van der Waals surface area contributed by atoms with Gasteiger partial charge in [-0.05, 0) is 32.7 Å². The zero-order chi connectivity index (χ0) is 11.9. The molecule has 0 aliphatic rings. The summed E-state index contributed by atoms with van der Waals surface area (Å²) in [6, 6.07) is 0.472. The van der Waals surface area contributed by atoms with Crippen molar-refractivity contribution in [1.29, 1.82) is 0 Å². The van der Waals surface area contributed by atoms with E-state index in [1.54, 1.807) is 6.92 Å². The zero-order valence-electron chi connectivity index (χ0n) is 10.4. The molecule has 0 aliphatic carbocycles. The van der Waals surface area contributed by atoms with Crippen LogP contribution in [0.1, 0.15) is 40.0 Å². The third-order valence-corrected chi connectivity index (χ3v) is 4.95. The van der Waals surface area contributed by atoms with Crippen LogP contribution in [0.3, 0.4) is 0 Å². The lowest BCUT2D eigenvalue weighted by Gasteiger charge is -2.21. The molecule has 0 aromatic carbocycles. The molecular weight excluding hydrogens is 210 g/mol. The highest BCUT2D eigenvalue weighted by Crippen LogP contribution is 2.16. The number of rotatable bonds is 8. The fraction of sp³-hybridized carbons (Fsp3) is 1.00. The van der Waals surface area contributed by atoms with Crippen LogP contribution in [0.15, 0.2) is 0 Å². The molecule has 1 N–H and O–H groups in total. The van der Waals surface area contributed by atoms with Gasteiger partial charge in [0, 0.05) is 11.8 Å². The molecule has 0 heterocycles. The molecule has 3 nitrogen and oxygen atoms in total. The lowest BCUT2D eigenvalue weighted by molar-refractivity contribution is 0.358. The Morgan fingerprint density at radius 2 is 1.87 bits per heavy atom. The number of nitrogens with one attached hydrogen (secondary N) is 1. The summed E-state index contributed by atoms with van der Waals surface area (Å²) in [6.07, 6.45) is 2.90. The highest BCUT2D eigenvalue weighted by molar-refractivity contribution is 7.91. The monoisotopic (exact) mass is 235 g/mol. The van der Waals surface area contributed by atoms with Gasteiger partial charge in [-0.1, -0.05) is 20.3 Å². The molecule has 2 unspecified atom stereocenters. The summed E-state index contributed by atoms with van der Waals surface area (Å²) < 4.78 is 22.6. The lowest BCUT2D eigenvalue weighted by Crippen LogP contribution is -2.30. The van der Waals surface area contributed by atoms with Crippen molar-refractivity contribution in [3.05, 3.63) is 0 Å². The van der Waals surface area contributed by atoms with Crippen molar-refractivity contribution in [3.63, 3.8) is 0 Å². The van der Waals surface area contributed by atoms with E-state index >= 15 is 0 Å². The van der Waals surface area contributed by atoms with Gasteiger partial charge in [0.1, 0.15) is 9.84 Å². The van der Waals surface area contributed by atoms with Crippen molar-refractivity contribution >= 4 is 9.84 Å². The van der Waals surface area contributed by atoms with E-state index in [2.05, 4.69) is 19.2 Å². The Morgan fingerprint density at radius 3 is 2.27 bits per heavy atom. The maximum absolute atomic E-state index is 11.3. The molecule has 0 saturated heterocycles. The average Bonchev–Trinajstić information content (AvgIpc) is 2.23. The summed E-state index contributed by atoms with van der Waals surface area (Å²) in [5.41, 5.74) is 0. The zero-order valence-corrected chi connectivity index (χ0v) is 11.2. The summed E-state index contributed by atoms with van der Waals surface area (Å²) in [5, 5.41) is 3.23. The molecule has 4 heteroatoms. The molecule has 0 radical (unpaired) electrons. The first-order valence-corrected chi connectivity index (χ1v) is 7.66. The van der Waals surface area contributed by atoms with Crippen LogP contribution in [0.2, 0.25) is 0 Å². The van der Waals surface area contributed by atoms with Crippen molar-refractivity contribution in [1.82, 2.24) is 5.32 Å². The predicted octanol–water partition coefficient (Wildman–Crippen LogP) is 1.84. The van der Waals surface area contributed by atoms with Gasteiger partial charge >= 0.3 is 0 Å². The fourth-order valence-electron chi connectivity index (χ4n) is 1.75. The first-order chi connectivity index (χ1) is 6.96. The van der Waals surface area contributed by atoms with Gasteiger partial charge in [0.05, 0.1) is 5.75 Å². The Morgan fingerprint density at radius 1 is 1.27 bits per heavy atom. The molecule has 2 atom stereocenters. The van der Waals surface area contributed by atoms with Crippen molar-refractivity contribution in [2.45, 2.75) is 46.1 Å². The Hall–Kier alpha value is -0.0900. The van der Waals surface area contributed by atoms with Gasteiger partial charge in [-0.2, -0.15) is 0 Å².